The van der Waals surface area contributed by atoms with Crippen LogP contribution in [0.1, 0.15) is 47.2 Å². The fourth-order valence-corrected chi connectivity index (χ4v) is 3.70. The van der Waals surface area contributed by atoms with Crippen LogP contribution in [-0.4, -0.2) is 28.2 Å². The van der Waals surface area contributed by atoms with Crippen LogP contribution in [0.4, 0.5) is 14.5 Å². The van der Waals surface area contributed by atoms with Crippen molar-refractivity contribution in [3.05, 3.63) is 70.7 Å². The lowest BCUT2D eigenvalue weighted by Crippen LogP contribution is -2.30. The zero-order chi connectivity index (χ0) is 20.7. The summed E-state index contributed by atoms with van der Waals surface area (Å²) < 4.78 is 33.5. The predicted octanol–water partition coefficient (Wildman–Crippen LogP) is 4.04. The molecule has 3 aromatic rings. The Morgan fingerprint density at radius 2 is 2.03 bits per heavy atom. The second kappa shape index (κ2) is 7.27. The van der Waals surface area contributed by atoms with Crippen molar-refractivity contribution in [3.63, 3.8) is 0 Å². The number of hydrogen-bond acceptors (Lipinski definition) is 4. The Kier molecular flexibility index (Phi) is 4.77. The van der Waals surface area contributed by atoms with E-state index < -0.39 is 17.7 Å². The van der Waals surface area contributed by atoms with E-state index in [-0.39, 0.29) is 17.4 Å². The average Bonchev–Trinajstić information content (AvgIpc) is 3.21. The first-order valence-electron chi connectivity index (χ1n) is 9.26. The van der Waals surface area contributed by atoms with Gasteiger partial charge in [0, 0.05) is 29.5 Å². The standard InChI is InChI=1S/C21H20F2N4O2/c1-11(2)8-16-18-19(26-25-16)21(28)27(13-6-7-24-17(10-13)29-3)20(18)14-5-4-12(22)9-15(14)23/h4-7,9-11,20H,8H2,1-3H3,(H,25,26). The van der Waals surface area contributed by atoms with Crippen LogP contribution in [0.15, 0.2) is 36.5 Å². The number of anilines is 1. The third-order valence-corrected chi connectivity index (χ3v) is 4.91. The number of benzene rings is 1. The summed E-state index contributed by atoms with van der Waals surface area (Å²) in [5.41, 5.74) is 2.31. The molecule has 1 unspecified atom stereocenters. The van der Waals surface area contributed by atoms with Gasteiger partial charge in [-0.05, 0) is 24.5 Å². The molecule has 6 nitrogen and oxygen atoms in total. The van der Waals surface area contributed by atoms with Gasteiger partial charge in [0.15, 0.2) is 0 Å². The SMILES string of the molecule is COc1cc(N2C(=O)c3[nH]nc(CC(C)C)c3C2c2ccc(F)cc2F)ccn1. The van der Waals surface area contributed by atoms with E-state index in [1.54, 1.807) is 12.1 Å². The van der Waals surface area contributed by atoms with Gasteiger partial charge in [0.25, 0.3) is 5.91 Å². The number of H-pyrrole nitrogens is 1. The highest BCUT2D eigenvalue weighted by atomic mass is 19.1. The number of hydrogen-bond donors (Lipinski definition) is 1. The Hall–Kier alpha value is -3.29. The van der Waals surface area contributed by atoms with Crippen molar-refractivity contribution in [2.75, 3.05) is 12.0 Å². The Balaban J connectivity index is 1.92. The van der Waals surface area contributed by atoms with Gasteiger partial charge in [0.2, 0.25) is 5.88 Å². The summed E-state index contributed by atoms with van der Waals surface area (Å²) in [5.74, 6) is -1.14. The summed E-state index contributed by atoms with van der Waals surface area (Å²) in [6.07, 6.45) is 2.13. The third-order valence-electron chi connectivity index (χ3n) is 4.91. The molecule has 29 heavy (non-hydrogen) atoms. The molecule has 1 atom stereocenters. The molecule has 2 aromatic heterocycles. The van der Waals surface area contributed by atoms with Gasteiger partial charge < -0.3 is 4.74 Å². The van der Waals surface area contributed by atoms with Gasteiger partial charge in [-0.1, -0.05) is 19.9 Å². The number of aromatic amines is 1. The van der Waals surface area contributed by atoms with Gasteiger partial charge in [-0.15, -0.1) is 0 Å². The molecule has 0 fully saturated rings. The molecule has 0 spiro atoms. The van der Waals surface area contributed by atoms with Crippen LogP contribution in [0.2, 0.25) is 0 Å². The van der Waals surface area contributed by atoms with Crippen LogP contribution >= 0.6 is 0 Å². The first kappa shape index (κ1) is 19.0. The highest BCUT2D eigenvalue weighted by Crippen LogP contribution is 2.44. The van der Waals surface area contributed by atoms with Gasteiger partial charge in [-0.2, -0.15) is 5.10 Å². The zero-order valence-electron chi connectivity index (χ0n) is 16.2. The molecule has 1 amide bonds. The number of fused-ring (bicyclic) bond motifs is 1. The fourth-order valence-electron chi connectivity index (χ4n) is 3.70. The Bertz CT molecular complexity index is 1080. The number of carbonyl (C=O) groups is 1. The van der Waals surface area contributed by atoms with Crippen molar-refractivity contribution in [3.8, 4) is 5.88 Å². The number of amides is 1. The van der Waals surface area contributed by atoms with Crippen LogP contribution in [0.5, 0.6) is 5.88 Å². The second-order valence-corrected chi connectivity index (χ2v) is 7.36. The number of ether oxygens (including phenoxy) is 1. The third kappa shape index (κ3) is 3.24. The number of nitrogens with zero attached hydrogens (tertiary/aromatic N) is 3. The van der Waals surface area contributed by atoms with Crippen molar-refractivity contribution < 1.29 is 18.3 Å². The fraction of sp³-hybridized carbons (Fsp3) is 0.286. The number of aromatic nitrogens is 3. The molecule has 0 aliphatic carbocycles. The first-order valence-corrected chi connectivity index (χ1v) is 9.26. The normalized spacial score (nSPS) is 15.9. The van der Waals surface area contributed by atoms with Gasteiger partial charge in [0.05, 0.1) is 24.5 Å². The topological polar surface area (TPSA) is 71.1 Å². The van der Waals surface area contributed by atoms with Crippen LogP contribution in [-0.2, 0) is 6.42 Å². The predicted molar refractivity (Wildman–Crippen MR) is 103 cm³/mol. The summed E-state index contributed by atoms with van der Waals surface area (Å²) in [7, 11) is 1.47. The van der Waals surface area contributed by atoms with E-state index in [0.717, 1.165) is 6.07 Å². The van der Waals surface area contributed by atoms with E-state index in [9.17, 15) is 13.6 Å². The minimum absolute atomic E-state index is 0.195. The van der Waals surface area contributed by atoms with E-state index in [1.807, 2.05) is 13.8 Å². The molecule has 150 valence electrons. The highest BCUT2D eigenvalue weighted by Gasteiger charge is 2.44. The van der Waals surface area contributed by atoms with E-state index in [2.05, 4.69) is 15.2 Å². The van der Waals surface area contributed by atoms with Crippen molar-refractivity contribution in [2.45, 2.75) is 26.3 Å². The van der Waals surface area contributed by atoms with Crippen molar-refractivity contribution in [1.29, 1.82) is 0 Å². The van der Waals surface area contributed by atoms with Crippen LogP contribution < -0.4 is 9.64 Å². The average molecular weight is 398 g/mol. The van der Waals surface area contributed by atoms with Crippen molar-refractivity contribution >= 4 is 11.6 Å². The maximum absolute atomic E-state index is 14.8. The molecular formula is C21H20F2N4O2. The summed E-state index contributed by atoms with van der Waals surface area (Å²) in [6, 6.07) is 5.86. The molecule has 0 bridgehead atoms. The van der Waals surface area contributed by atoms with Crippen LogP contribution in [0.3, 0.4) is 0 Å². The van der Waals surface area contributed by atoms with Crippen molar-refractivity contribution in [2.24, 2.45) is 5.92 Å². The molecular weight excluding hydrogens is 378 g/mol. The number of methoxy groups -OCH3 is 1. The maximum atomic E-state index is 14.8. The smallest absolute Gasteiger partial charge is 0.277 e. The number of carbonyl (C=O) groups excluding carboxylic acids is 1. The monoisotopic (exact) mass is 398 g/mol. The molecule has 1 aliphatic heterocycles. The Morgan fingerprint density at radius 1 is 1.24 bits per heavy atom. The van der Waals surface area contributed by atoms with Gasteiger partial charge >= 0.3 is 0 Å². The summed E-state index contributed by atoms with van der Waals surface area (Å²) in [5, 5.41) is 7.12. The lowest BCUT2D eigenvalue weighted by molar-refractivity contribution is 0.0988. The van der Waals surface area contributed by atoms with Crippen LogP contribution in [0, 0.1) is 17.6 Å². The van der Waals surface area contributed by atoms with E-state index in [0.29, 0.717) is 34.9 Å². The number of rotatable bonds is 5. The first-order chi connectivity index (χ1) is 13.9. The van der Waals surface area contributed by atoms with E-state index in [1.165, 1.54) is 30.3 Å². The molecule has 0 radical (unpaired) electrons. The van der Waals surface area contributed by atoms with Gasteiger partial charge in [-0.25, -0.2) is 13.8 Å². The minimum atomic E-state index is -0.780. The molecule has 1 aliphatic rings. The van der Waals surface area contributed by atoms with E-state index >= 15 is 0 Å². The summed E-state index contributed by atoms with van der Waals surface area (Å²) >= 11 is 0. The molecule has 1 N–H and O–H groups in total. The summed E-state index contributed by atoms with van der Waals surface area (Å²) in [6.45, 7) is 4.08. The summed E-state index contributed by atoms with van der Waals surface area (Å²) in [4.78, 5) is 18.8. The zero-order valence-corrected chi connectivity index (χ0v) is 16.2. The molecule has 1 aromatic carbocycles. The Morgan fingerprint density at radius 3 is 2.72 bits per heavy atom. The highest BCUT2D eigenvalue weighted by molar-refractivity contribution is 6.10. The van der Waals surface area contributed by atoms with Gasteiger partial charge in [0.1, 0.15) is 17.3 Å². The lowest BCUT2D eigenvalue weighted by atomic mass is 9.95. The number of pyridine rings is 1. The maximum Gasteiger partial charge on any atom is 0.277 e. The Labute approximate surface area is 166 Å². The lowest BCUT2D eigenvalue weighted by Gasteiger charge is -2.27. The number of halogens is 2. The molecule has 3 heterocycles. The van der Waals surface area contributed by atoms with E-state index in [4.69, 9.17) is 4.74 Å². The second-order valence-electron chi connectivity index (χ2n) is 7.36. The quantitative estimate of drug-likeness (QED) is 0.704. The molecule has 0 saturated carbocycles. The largest absolute Gasteiger partial charge is 0.481 e. The van der Waals surface area contributed by atoms with Crippen LogP contribution in [0.25, 0.3) is 0 Å². The van der Waals surface area contributed by atoms with Gasteiger partial charge in [-0.3, -0.25) is 14.8 Å². The number of nitrogens with one attached hydrogen (secondary N) is 1. The molecule has 8 heteroatoms. The van der Waals surface area contributed by atoms with Crippen molar-refractivity contribution in [1.82, 2.24) is 15.2 Å². The molecule has 0 saturated heterocycles. The molecule has 4 rings (SSSR count). The minimum Gasteiger partial charge on any atom is -0.481 e.